The molecule has 0 aliphatic heterocycles. The van der Waals surface area contributed by atoms with Gasteiger partial charge in [-0.05, 0) is 59.7 Å². The average molecular weight is 534 g/mol. The number of rotatable bonds is 10. The summed E-state index contributed by atoms with van der Waals surface area (Å²) in [4.78, 5) is 24.4. The number of methoxy groups -OCH3 is 3. The average Bonchev–Trinajstić information content (AvgIpc) is 3.38. The standard InChI is InChI=1S/C29H27NO9/c1-36-23-9-6-18(14-26(23)38-3)25-15-19-17(5-10-24(37-2)28(19)39-25)7-11-27(33)30-20(29(34)35)12-16-4-8-21(31)22(32)13-16/h4-11,13-15,20,31-32H,12H2,1-3H3,(H,30,33)(H,34,35)/b11-7+/t20-/m1/s1. The van der Waals surface area contributed by atoms with Gasteiger partial charge in [-0.1, -0.05) is 12.1 Å². The molecular weight excluding hydrogens is 506 g/mol. The third-order valence-corrected chi connectivity index (χ3v) is 6.08. The second-order valence-corrected chi connectivity index (χ2v) is 8.54. The quantitative estimate of drug-likeness (QED) is 0.172. The van der Waals surface area contributed by atoms with Crippen LogP contribution in [0.5, 0.6) is 28.7 Å². The molecular formula is C29H27NO9. The summed E-state index contributed by atoms with van der Waals surface area (Å²) in [5.74, 6) is -0.417. The van der Waals surface area contributed by atoms with Crippen molar-refractivity contribution in [3.05, 3.63) is 71.8 Å². The van der Waals surface area contributed by atoms with Gasteiger partial charge in [0.05, 0.1) is 21.3 Å². The molecule has 1 heterocycles. The van der Waals surface area contributed by atoms with Gasteiger partial charge in [-0.25, -0.2) is 4.79 Å². The van der Waals surface area contributed by atoms with Gasteiger partial charge in [0.15, 0.2) is 34.3 Å². The fraction of sp³-hybridized carbons (Fsp3) is 0.172. The number of phenols is 2. The van der Waals surface area contributed by atoms with Crippen LogP contribution in [-0.2, 0) is 16.0 Å². The molecule has 0 aliphatic carbocycles. The number of furan rings is 1. The molecule has 1 atom stereocenters. The molecule has 1 amide bonds. The van der Waals surface area contributed by atoms with Gasteiger partial charge in [0, 0.05) is 23.4 Å². The SMILES string of the molecule is COc1ccc(-c2cc3c(/C=C/C(=O)N[C@H](Cc4ccc(O)c(O)c4)C(=O)O)ccc(OC)c3o2)cc1OC. The zero-order chi connectivity index (χ0) is 28.1. The highest BCUT2D eigenvalue weighted by molar-refractivity contribution is 5.99. The monoisotopic (exact) mass is 533 g/mol. The Morgan fingerprint density at radius 2 is 1.62 bits per heavy atom. The first kappa shape index (κ1) is 26.9. The maximum atomic E-state index is 12.6. The lowest BCUT2D eigenvalue weighted by atomic mass is 10.0. The van der Waals surface area contributed by atoms with Crippen LogP contribution < -0.4 is 19.5 Å². The smallest absolute Gasteiger partial charge is 0.326 e. The molecule has 0 fully saturated rings. The number of hydrogen-bond donors (Lipinski definition) is 4. The molecule has 0 spiro atoms. The predicted octanol–water partition coefficient (Wildman–Crippen LogP) is 4.36. The van der Waals surface area contributed by atoms with Crippen molar-refractivity contribution in [3.63, 3.8) is 0 Å². The largest absolute Gasteiger partial charge is 0.504 e. The molecule has 10 nitrogen and oxygen atoms in total. The van der Waals surface area contributed by atoms with Crippen LogP contribution in [0.3, 0.4) is 0 Å². The van der Waals surface area contributed by atoms with Crippen molar-refractivity contribution in [2.75, 3.05) is 21.3 Å². The molecule has 4 N–H and O–H groups in total. The van der Waals surface area contributed by atoms with Crippen LogP contribution in [0.4, 0.5) is 0 Å². The second-order valence-electron chi connectivity index (χ2n) is 8.54. The molecule has 202 valence electrons. The maximum absolute atomic E-state index is 12.6. The third kappa shape index (κ3) is 5.90. The Hall–Kier alpha value is -5.12. The van der Waals surface area contributed by atoms with E-state index in [0.717, 1.165) is 5.56 Å². The van der Waals surface area contributed by atoms with Gasteiger partial charge in [-0.15, -0.1) is 0 Å². The van der Waals surface area contributed by atoms with Gasteiger partial charge in [0.25, 0.3) is 0 Å². The van der Waals surface area contributed by atoms with Crippen LogP contribution in [0.2, 0.25) is 0 Å². The number of amides is 1. The molecule has 0 saturated carbocycles. The Morgan fingerprint density at radius 1 is 0.897 bits per heavy atom. The van der Waals surface area contributed by atoms with E-state index in [4.69, 9.17) is 18.6 Å². The Kier molecular flexibility index (Phi) is 7.95. The number of carbonyl (C=O) groups excluding carboxylic acids is 1. The van der Waals surface area contributed by atoms with Gasteiger partial charge in [-0.3, -0.25) is 4.79 Å². The number of aromatic hydroxyl groups is 2. The van der Waals surface area contributed by atoms with E-state index in [1.165, 1.54) is 31.4 Å². The van der Waals surface area contributed by atoms with E-state index in [1.807, 2.05) is 12.1 Å². The number of hydrogen-bond acceptors (Lipinski definition) is 8. The normalized spacial score (nSPS) is 11.9. The van der Waals surface area contributed by atoms with Crippen LogP contribution in [0, 0.1) is 0 Å². The fourth-order valence-electron chi connectivity index (χ4n) is 4.07. The van der Waals surface area contributed by atoms with Crippen LogP contribution in [0.15, 0.2) is 65.1 Å². The van der Waals surface area contributed by atoms with Crippen LogP contribution in [-0.4, -0.2) is 54.6 Å². The van der Waals surface area contributed by atoms with E-state index in [0.29, 0.717) is 45.1 Å². The summed E-state index contributed by atoms with van der Waals surface area (Å²) >= 11 is 0. The lowest BCUT2D eigenvalue weighted by Crippen LogP contribution is -2.41. The van der Waals surface area contributed by atoms with Gasteiger partial charge in [-0.2, -0.15) is 0 Å². The fourth-order valence-corrected chi connectivity index (χ4v) is 4.07. The van der Waals surface area contributed by atoms with Crippen molar-refractivity contribution < 1.29 is 43.5 Å². The first-order valence-corrected chi connectivity index (χ1v) is 11.8. The summed E-state index contributed by atoms with van der Waals surface area (Å²) in [6.45, 7) is 0. The van der Waals surface area contributed by atoms with Crippen molar-refractivity contribution in [1.29, 1.82) is 0 Å². The Labute approximate surface area is 223 Å². The topological polar surface area (TPSA) is 148 Å². The highest BCUT2D eigenvalue weighted by Gasteiger charge is 2.20. The number of phenolic OH excluding ortho intramolecular Hbond substituents is 2. The van der Waals surface area contributed by atoms with Gasteiger partial charge < -0.3 is 39.3 Å². The number of carboxylic acids is 1. The lowest BCUT2D eigenvalue weighted by molar-refractivity contribution is -0.141. The van der Waals surface area contributed by atoms with E-state index < -0.39 is 17.9 Å². The summed E-state index contributed by atoms with van der Waals surface area (Å²) in [5.41, 5.74) is 2.29. The molecule has 4 aromatic rings. The van der Waals surface area contributed by atoms with E-state index in [-0.39, 0.29) is 17.9 Å². The molecule has 1 aromatic heterocycles. The zero-order valence-corrected chi connectivity index (χ0v) is 21.4. The second kappa shape index (κ2) is 11.5. The van der Waals surface area contributed by atoms with Crippen molar-refractivity contribution in [3.8, 4) is 40.1 Å². The van der Waals surface area contributed by atoms with Crippen LogP contribution in [0.25, 0.3) is 28.4 Å². The number of benzene rings is 3. The molecule has 0 saturated heterocycles. The van der Waals surface area contributed by atoms with Crippen molar-refractivity contribution >= 4 is 28.9 Å². The molecule has 39 heavy (non-hydrogen) atoms. The number of fused-ring (bicyclic) bond motifs is 1. The molecule has 0 radical (unpaired) electrons. The number of ether oxygens (including phenoxy) is 3. The Balaban J connectivity index is 1.59. The van der Waals surface area contributed by atoms with E-state index in [1.54, 1.807) is 44.6 Å². The molecule has 10 heteroatoms. The molecule has 3 aromatic carbocycles. The highest BCUT2D eigenvalue weighted by Crippen LogP contribution is 2.38. The summed E-state index contributed by atoms with van der Waals surface area (Å²) in [5, 5.41) is 31.8. The van der Waals surface area contributed by atoms with Crippen LogP contribution in [0.1, 0.15) is 11.1 Å². The van der Waals surface area contributed by atoms with E-state index >= 15 is 0 Å². The van der Waals surface area contributed by atoms with Gasteiger partial charge in [0.2, 0.25) is 5.91 Å². The highest BCUT2D eigenvalue weighted by atomic mass is 16.5. The van der Waals surface area contributed by atoms with Crippen molar-refractivity contribution in [2.24, 2.45) is 0 Å². The Bertz CT molecular complexity index is 1550. The number of aliphatic carboxylic acids is 1. The van der Waals surface area contributed by atoms with Crippen LogP contribution >= 0.6 is 0 Å². The molecule has 0 bridgehead atoms. The summed E-state index contributed by atoms with van der Waals surface area (Å²) in [6, 6.07) is 13.4. The van der Waals surface area contributed by atoms with Gasteiger partial charge >= 0.3 is 5.97 Å². The number of nitrogens with one attached hydrogen (secondary N) is 1. The minimum Gasteiger partial charge on any atom is -0.504 e. The molecule has 0 unspecified atom stereocenters. The number of carboxylic acid groups (broad SMARTS) is 1. The predicted molar refractivity (Wildman–Crippen MR) is 143 cm³/mol. The molecule has 4 rings (SSSR count). The van der Waals surface area contributed by atoms with Crippen molar-refractivity contribution in [2.45, 2.75) is 12.5 Å². The molecule has 0 aliphatic rings. The van der Waals surface area contributed by atoms with Gasteiger partial charge in [0.1, 0.15) is 11.8 Å². The summed E-state index contributed by atoms with van der Waals surface area (Å²) in [7, 11) is 4.62. The third-order valence-electron chi connectivity index (χ3n) is 6.08. The minimum atomic E-state index is -1.26. The number of carbonyl (C=O) groups is 2. The maximum Gasteiger partial charge on any atom is 0.326 e. The minimum absolute atomic E-state index is 0.0913. The zero-order valence-electron chi connectivity index (χ0n) is 21.4. The summed E-state index contributed by atoms with van der Waals surface area (Å²) < 4.78 is 22.2. The lowest BCUT2D eigenvalue weighted by Gasteiger charge is -2.14. The van der Waals surface area contributed by atoms with E-state index in [2.05, 4.69) is 5.32 Å². The van der Waals surface area contributed by atoms with Crippen molar-refractivity contribution in [1.82, 2.24) is 5.32 Å². The van der Waals surface area contributed by atoms with E-state index in [9.17, 15) is 24.9 Å². The first-order chi connectivity index (χ1) is 18.7. The summed E-state index contributed by atoms with van der Waals surface area (Å²) in [6.07, 6.45) is 2.69. The first-order valence-electron chi connectivity index (χ1n) is 11.8. The Morgan fingerprint density at radius 3 is 2.28 bits per heavy atom.